The Balaban J connectivity index is 2.57. The Morgan fingerprint density at radius 2 is 1.85 bits per heavy atom. The first-order chi connectivity index (χ1) is 9.52. The minimum absolute atomic E-state index is 0.125. The van der Waals surface area contributed by atoms with E-state index in [-0.39, 0.29) is 24.8 Å². The molecule has 6 heteroatoms. The number of para-hydroxylation sites is 1. The van der Waals surface area contributed by atoms with Gasteiger partial charge >= 0.3 is 5.97 Å². The molecule has 2 amide bonds. The van der Waals surface area contributed by atoms with Crippen LogP contribution in [0.1, 0.15) is 25.3 Å². The third kappa shape index (κ3) is 5.51. The predicted octanol–water partition coefficient (Wildman–Crippen LogP) is 1.17. The van der Waals surface area contributed by atoms with Gasteiger partial charge in [-0.05, 0) is 18.1 Å². The summed E-state index contributed by atoms with van der Waals surface area (Å²) in [5.41, 5.74) is 0.970. The van der Waals surface area contributed by atoms with Gasteiger partial charge in [-0.3, -0.25) is 14.4 Å². The van der Waals surface area contributed by atoms with E-state index in [1.165, 1.54) is 0 Å². The number of carbonyl (C=O) groups is 3. The maximum atomic E-state index is 11.7. The summed E-state index contributed by atoms with van der Waals surface area (Å²) >= 11 is 0. The van der Waals surface area contributed by atoms with E-state index >= 15 is 0 Å². The zero-order valence-electron chi connectivity index (χ0n) is 11.3. The van der Waals surface area contributed by atoms with Crippen molar-refractivity contribution in [1.29, 1.82) is 0 Å². The van der Waals surface area contributed by atoms with Crippen LogP contribution >= 0.6 is 0 Å². The molecule has 0 aliphatic carbocycles. The molecule has 0 bridgehead atoms. The summed E-state index contributed by atoms with van der Waals surface area (Å²) in [5.74, 6) is -1.53. The predicted molar refractivity (Wildman–Crippen MR) is 74.3 cm³/mol. The maximum absolute atomic E-state index is 11.7. The lowest BCUT2D eigenvalue weighted by atomic mass is 10.1. The lowest BCUT2D eigenvalue weighted by Gasteiger charge is -2.10. The van der Waals surface area contributed by atoms with E-state index in [0.29, 0.717) is 17.7 Å². The average Bonchev–Trinajstić information content (AvgIpc) is 2.38. The number of aliphatic carboxylic acids is 1. The Bertz CT molecular complexity index is 500. The quantitative estimate of drug-likeness (QED) is 0.697. The lowest BCUT2D eigenvalue weighted by Crippen LogP contribution is -2.32. The number of rotatable bonds is 7. The molecule has 6 nitrogen and oxygen atoms in total. The van der Waals surface area contributed by atoms with Gasteiger partial charge in [0.15, 0.2) is 0 Å². The highest BCUT2D eigenvalue weighted by Gasteiger charge is 2.10. The molecule has 0 spiro atoms. The number of carboxylic acids is 1. The van der Waals surface area contributed by atoms with Crippen molar-refractivity contribution < 1.29 is 19.5 Å². The number of carbonyl (C=O) groups excluding carboxylic acids is 2. The Labute approximate surface area is 117 Å². The van der Waals surface area contributed by atoms with Gasteiger partial charge in [-0.15, -0.1) is 0 Å². The first-order valence-corrected chi connectivity index (χ1v) is 6.39. The molecule has 0 saturated heterocycles. The summed E-state index contributed by atoms with van der Waals surface area (Å²) in [7, 11) is 0. The number of nitrogens with one attached hydrogen (secondary N) is 2. The number of amides is 2. The molecule has 0 saturated carbocycles. The van der Waals surface area contributed by atoms with Crippen molar-refractivity contribution in [3.63, 3.8) is 0 Å². The van der Waals surface area contributed by atoms with E-state index in [4.69, 9.17) is 5.11 Å². The second-order valence-electron chi connectivity index (χ2n) is 4.30. The molecule has 0 aliphatic rings. The molecular formula is C14H18N2O4. The third-order valence-corrected chi connectivity index (χ3v) is 2.56. The molecule has 0 atom stereocenters. The molecule has 1 aromatic carbocycles. The minimum Gasteiger partial charge on any atom is -0.481 e. The molecule has 0 radical (unpaired) electrons. The minimum atomic E-state index is -0.969. The van der Waals surface area contributed by atoms with Crippen LogP contribution in [-0.4, -0.2) is 29.4 Å². The van der Waals surface area contributed by atoms with Crippen molar-refractivity contribution in [3.8, 4) is 0 Å². The molecule has 0 unspecified atom stereocenters. The smallest absolute Gasteiger partial charge is 0.307 e. The third-order valence-electron chi connectivity index (χ3n) is 2.56. The van der Waals surface area contributed by atoms with Crippen LogP contribution in [0.2, 0.25) is 0 Å². The number of carboxylic acid groups (broad SMARTS) is 1. The Kier molecular flexibility index (Phi) is 6.22. The highest BCUT2D eigenvalue weighted by atomic mass is 16.4. The van der Waals surface area contributed by atoms with Gasteiger partial charge in [-0.2, -0.15) is 0 Å². The first kappa shape index (κ1) is 15.7. The van der Waals surface area contributed by atoms with Crippen molar-refractivity contribution in [1.82, 2.24) is 5.32 Å². The first-order valence-electron chi connectivity index (χ1n) is 6.39. The van der Waals surface area contributed by atoms with Crippen LogP contribution in [0.3, 0.4) is 0 Å². The van der Waals surface area contributed by atoms with Gasteiger partial charge in [0.05, 0.1) is 13.0 Å². The summed E-state index contributed by atoms with van der Waals surface area (Å²) in [5, 5.41) is 13.9. The largest absolute Gasteiger partial charge is 0.481 e. The summed E-state index contributed by atoms with van der Waals surface area (Å²) in [6, 6.07) is 6.68. The van der Waals surface area contributed by atoms with Gasteiger partial charge in [0, 0.05) is 12.1 Å². The molecule has 108 valence electrons. The van der Waals surface area contributed by atoms with Crippen molar-refractivity contribution in [3.05, 3.63) is 29.8 Å². The van der Waals surface area contributed by atoms with Crippen molar-refractivity contribution >= 4 is 23.5 Å². The Morgan fingerprint density at radius 3 is 2.50 bits per heavy atom. The van der Waals surface area contributed by atoms with Gasteiger partial charge < -0.3 is 15.7 Å². The number of benzene rings is 1. The van der Waals surface area contributed by atoms with Gasteiger partial charge in [0.1, 0.15) is 0 Å². The molecule has 0 aromatic heterocycles. The molecule has 0 heterocycles. The topological polar surface area (TPSA) is 95.5 Å². The molecule has 3 N–H and O–H groups in total. The zero-order valence-corrected chi connectivity index (χ0v) is 11.3. The van der Waals surface area contributed by atoms with Crippen LogP contribution in [0, 0.1) is 0 Å². The fourth-order valence-corrected chi connectivity index (χ4v) is 1.65. The molecule has 20 heavy (non-hydrogen) atoms. The van der Waals surface area contributed by atoms with Crippen molar-refractivity contribution in [2.24, 2.45) is 0 Å². The van der Waals surface area contributed by atoms with Gasteiger partial charge in [-0.1, -0.05) is 25.1 Å². The molecular weight excluding hydrogens is 260 g/mol. The second-order valence-corrected chi connectivity index (χ2v) is 4.30. The molecule has 1 aromatic rings. The van der Waals surface area contributed by atoms with E-state index in [9.17, 15) is 14.4 Å². The summed E-state index contributed by atoms with van der Waals surface area (Å²) in [6.45, 7) is 1.75. The Morgan fingerprint density at radius 1 is 1.15 bits per heavy atom. The zero-order chi connectivity index (χ0) is 15.0. The second kappa shape index (κ2) is 7.93. The molecule has 0 aliphatic heterocycles. The number of hydrogen-bond acceptors (Lipinski definition) is 3. The number of hydrogen-bond donors (Lipinski definition) is 3. The fourth-order valence-electron chi connectivity index (χ4n) is 1.65. The number of anilines is 1. The summed E-state index contributed by atoms with van der Waals surface area (Å²) < 4.78 is 0. The van der Waals surface area contributed by atoms with E-state index in [1.807, 2.05) is 6.92 Å². The highest BCUT2D eigenvalue weighted by Crippen LogP contribution is 2.15. The van der Waals surface area contributed by atoms with Crippen LogP contribution in [-0.2, 0) is 20.8 Å². The van der Waals surface area contributed by atoms with Crippen LogP contribution in [0.4, 0.5) is 5.69 Å². The van der Waals surface area contributed by atoms with Crippen LogP contribution in [0.25, 0.3) is 0 Å². The van der Waals surface area contributed by atoms with E-state index in [2.05, 4.69) is 10.6 Å². The highest BCUT2D eigenvalue weighted by molar-refractivity contribution is 5.95. The van der Waals surface area contributed by atoms with Crippen LogP contribution in [0.15, 0.2) is 24.3 Å². The van der Waals surface area contributed by atoms with Crippen molar-refractivity contribution in [2.75, 3.05) is 11.9 Å². The standard InChI is InChI=1S/C14H18N2O4/c1-2-5-12(17)15-9-13(18)16-11-7-4-3-6-10(11)8-14(19)20/h3-4,6-7H,2,5,8-9H2,1H3,(H,15,17)(H,16,18)(H,19,20). The van der Waals surface area contributed by atoms with E-state index in [0.717, 1.165) is 6.42 Å². The van der Waals surface area contributed by atoms with Gasteiger partial charge in [-0.25, -0.2) is 0 Å². The van der Waals surface area contributed by atoms with E-state index < -0.39 is 5.97 Å². The van der Waals surface area contributed by atoms with Gasteiger partial charge in [0.2, 0.25) is 11.8 Å². The van der Waals surface area contributed by atoms with E-state index in [1.54, 1.807) is 24.3 Å². The fraction of sp³-hybridized carbons (Fsp3) is 0.357. The normalized spacial score (nSPS) is 9.85. The lowest BCUT2D eigenvalue weighted by molar-refractivity contribution is -0.136. The van der Waals surface area contributed by atoms with Crippen molar-refractivity contribution in [2.45, 2.75) is 26.2 Å². The monoisotopic (exact) mass is 278 g/mol. The summed E-state index contributed by atoms with van der Waals surface area (Å²) in [6.07, 6.45) is 0.927. The molecule has 0 fully saturated rings. The SMILES string of the molecule is CCCC(=O)NCC(=O)Nc1ccccc1CC(=O)O. The summed E-state index contributed by atoms with van der Waals surface area (Å²) in [4.78, 5) is 33.7. The van der Waals surface area contributed by atoms with Crippen LogP contribution < -0.4 is 10.6 Å². The maximum Gasteiger partial charge on any atom is 0.307 e. The Hall–Kier alpha value is -2.37. The average molecular weight is 278 g/mol. The van der Waals surface area contributed by atoms with Gasteiger partial charge in [0.25, 0.3) is 0 Å². The van der Waals surface area contributed by atoms with Crippen LogP contribution in [0.5, 0.6) is 0 Å². The molecule has 1 rings (SSSR count).